The average molecular weight is 344 g/mol. The average Bonchev–Trinajstić information content (AvgIpc) is 2.49. The summed E-state index contributed by atoms with van der Waals surface area (Å²) < 4.78 is 39.1. The third-order valence-corrected chi connectivity index (χ3v) is 5.74. The first-order valence-corrected chi connectivity index (χ1v) is 9.00. The van der Waals surface area contributed by atoms with Gasteiger partial charge in [0.05, 0.1) is 17.8 Å². The predicted molar refractivity (Wildman–Crippen MR) is 83.5 cm³/mol. The van der Waals surface area contributed by atoms with Crippen molar-refractivity contribution in [2.45, 2.75) is 30.6 Å². The molecule has 0 radical (unpaired) electrons. The quantitative estimate of drug-likeness (QED) is 0.820. The van der Waals surface area contributed by atoms with Crippen molar-refractivity contribution in [3.63, 3.8) is 0 Å². The van der Waals surface area contributed by atoms with E-state index in [1.165, 1.54) is 35.6 Å². The fourth-order valence-electron chi connectivity index (χ4n) is 2.72. The van der Waals surface area contributed by atoms with Crippen LogP contribution in [0.2, 0.25) is 0 Å². The first kappa shape index (κ1) is 17.8. The van der Waals surface area contributed by atoms with Gasteiger partial charge in [0, 0.05) is 20.1 Å². The third kappa shape index (κ3) is 4.73. The maximum absolute atomic E-state index is 12.9. The Labute approximate surface area is 135 Å². The summed E-state index contributed by atoms with van der Waals surface area (Å²) in [5, 5.41) is 12.9. The van der Waals surface area contributed by atoms with Gasteiger partial charge in [0.25, 0.3) is 0 Å². The second kappa shape index (κ2) is 6.94. The van der Waals surface area contributed by atoms with Crippen molar-refractivity contribution >= 4 is 15.9 Å². The number of hydrogen-bond acceptors (Lipinski definition) is 4. The molecule has 1 aromatic carbocycles. The summed E-state index contributed by atoms with van der Waals surface area (Å²) in [7, 11) is -2.17. The number of nitrogens with zero attached hydrogens (tertiary/aromatic N) is 1. The van der Waals surface area contributed by atoms with Crippen LogP contribution in [0, 0.1) is 5.82 Å². The van der Waals surface area contributed by atoms with Gasteiger partial charge in [-0.15, -0.1) is 0 Å². The Bertz CT molecular complexity index is 663. The fourth-order valence-corrected chi connectivity index (χ4v) is 4.36. The van der Waals surface area contributed by atoms with E-state index in [4.69, 9.17) is 0 Å². The van der Waals surface area contributed by atoms with Crippen LogP contribution in [0.25, 0.3) is 0 Å². The van der Waals surface area contributed by atoms with Gasteiger partial charge in [-0.05, 0) is 30.5 Å². The zero-order valence-corrected chi connectivity index (χ0v) is 13.8. The van der Waals surface area contributed by atoms with E-state index in [1.54, 1.807) is 0 Å². The smallest absolute Gasteiger partial charge is 0.222 e. The van der Waals surface area contributed by atoms with Crippen molar-refractivity contribution in [1.82, 2.24) is 9.62 Å². The Hall–Kier alpha value is -1.51. The molecule has 1 atom stereocenters. The number of sulfonamides is 1. The molecule has 0 aromatic heterocycles. The van der Waals surface area contributed by atoms with Crippen LogP contribution in [-0.4, -0.2) is 49.5 Å². The minimum Gasteiger partial charge on any atom is -0.388 e. The Balaban J connectivity index is 2.09. The van der Waals surface area contributed by atoms with Gasteiger partial charge in [-0.25, -0.2) is 12.8 Å². The molecule has 1 aliphatic rings. The molecule has 0 spiro atoms. The maximum Gasteiger partial charge on any atom is 0.222 e. The Morgan fingerprint density at radius 2 is 2.04 bits per heavy atom. The van der Waals surface area contributed by atoms with Gasteiger partial charge in [0.1, 0.15) is 5.82 Å². The lowest BCUT2D eigenvalue weighted by Gasteiger charge is -2.38. The van der Waals surface area contributed by atoms with Crippen LogP contribution in [-0.2, 0) is 20.6 Å². The largest absolute Gasteiger partial charge is 0.388 e. The van der Waals surface area contributed by atoms with Gasteiger partial charge in [-0.3, -0.25) is 4.79 Å². The van der Waals surface area contributed by atoms with Crippen molar-refractivity contribution in [2.24, 2.45) is 0 Å². The van der Waals surface area contributed by atoms with Crippen LogP contribution in [0.4, 0.5) is 4.39 Å². The molecule has 2 rings (SSSR count). The molecular weight excluding hydrogens is 323 g/mol. The minimum atomic E-state index is -3.64. The van der Waals surface area contributed by atoms with E-state index in [0.717, 1.165) is 0 Å². The highest BCUT2D eigenvalue weighted by molar-refractivity contribution is 7.88. The molecule has 6 nitrogen and oxygen atoms in total. The van der Waals surface area contributed by atoms with Crippen molar-refractivity contribution in [1.29, 1.82) is 0 Å². The van der Waals surface area contributed by atoms with Gasteiger partial charge in [0.2, 0.25) is 15.9 Å². The number of benzene rings is 1. The molecule has 0 aliphatic carbocycles. The number of hydrogen-bond donors (Lipinski definition) is 2. The second-order valence-corrected chi connectivity index (χ2v) is 7.86. The molecule has 1 heterocycles. The highest BCUT2D eigenvalue weighted by Gasteiger charge is 2.39. The summed E-state index contributed by atoms with van der Waals surface area (Å²) in [5.41, 5.74) is -0.874. The lowest BCUT2D eigenvalue weighted by atomic mass is 9.90. The molecule has 1 aromatic rings. The first-order chi connectivity index (χ1) is 10.7. The molecule has 2 N–H and O–H groups in total. The van der Waals surface area contributed by atoms with Crippen LogP contribution < -0.4 is 5.32 Å². The van der Waals surface area contributed by atoms with Gasteiger partial charge in [-0.1, -0.05) is 12.1 Å². The van der Waals surface area contributed by atoms with Gasteiger partial charge in [-0.2, -0.15) is 4.31 Å². The number of amides is 1. The number of halogens is 1. The normalized spacial score (nSPS) is 22.7. The fraction of sp³-hybridized carbons (Fsp3) is 0.533. The summed E-state index contributed by atoms with van der Waals surface area (Å²) in [4.78, 5) is 11.5. The molecule has 1 saturated heterocycles. The molecule has 1 amide bonds. The number of carbonyl (C=O) groups is 1. The Morgan fingerprint density at radius 3 is 2.65 bits per heavy atom. The molecule has 0 saturated carbocycles. The number of rotatable bonds is 5. The molecule has 1 fully saturated rings. The van der Waals surface area contributed by atoms with Crippen molar-refractivity contribution in [3.05, 3.63) is 35.6 Å². The summed E-state index contributed by atoms with van der Waals surface area (Å²) in [6, 6.07) is 5.27. The van der Waals surface area contributed by atoms with Crippen LogP contribution >= 0.6 is 0 Å². The van der Waals surface area contributed by atoms with Crippen molar-refractivity contribution < 1.29 is 22.7 Å². The number of piperidine rings is 1. The molecule has 8 heteroatoms. The molecule has 1 aliphatic heterocycles. The zero-order chi connectivity index (χ0) is 17.1. The van der Waals surface area contributed by atoms with Crippen molar-refractivity contribution in [2.75, 3.05) is 20.1 Å². The van der Waals surface area contributed by atoms with E-state index in [1.807, 2.05) is 0 Å². The standard InChI is InChI=1S/C15H21FN2O4S/c1-17-14(19)9-15(20)7-2-8-18(11-15)23(21,22)10-12-3-5-13(16)6-4-12/h3-6,20H,2,7-11H2,1H3,(H,17,19). The molecule has 1 unspecified atom stereocenters. The highest BCUT2D eigenvalue weighted by atomic mass is 32.2. The van der Waals surface area contributed by atoms with E-state index >= 15 is 0 Å². The lowest BCUT2D eigenvalue weighted by molar-refractivity contribution is -0.127. The van der Waals surface area contributed by atoms with E-state index in [2.05, 4.69) is 5.32 Å². The maximum atomic E-state index is 12.9. The van der Waals surface area contributed by atoms with Gasteiger partial charge in [0.15, 0.2) is 0 Å². The SMILES string of the molecule is CNC(=O)CC1(O)CCCN(S(=O)(=O)Cc2ccc(F)cc2)C1. The molecular formula is C15H21FN2O4S. The van der Waals surface area contributed by atoms with Crippen molar-refractivity contribution in [3.8, 4) is 0 Å². The predicted octanol–water partition coefficient (Wildman–Crippen LogP) is 0.618. The van der Waals surface area contributed by atoms with Crippen LogP contribution in [0.5, 0.6) is 0 Å². The van der Waals surface area contributed by atoms with Crippen LogP contribution in [0.15, 0.2) is 24.3 Å². The van der Waals surface area contributed by atoms with E-state index < -0.39 is 21.4 Å². The summed E-state index contributed by atoms with van der Waals surface area (Å²) in [6.45, 7) is 0.198. The topological polar surface area (TPSA) is 86.7 Å². The number of nitrogens with one attached hydrogen (secondary N) is 1. The number of carbonyl (C=O) groups excluding carboxylic acids is 1. The van der Waals surface area contributed by atoms with Gasteiger partial charge >= 0.3 is 0 Å². The van der Waals surface area contributed by atoms with E-state index in [-0.39, 0.29) is 24.6 Å². The lowest BCUT2D eigenvalue weighted by Crippen LogP contribution is -2.52. The summed E-state index contributed by atoms with van der Waals surface area (Å²) in [5.74, 6) is -1.02. The summed E-state index contributed by atoms with van der Waals surface area (Å²) >= 11 is 0. The Morgan fingerprint density at radius 1 is 1.39 bits per heavy atom. The van der Waals surface area contributed by atoms with Gasteiger partial charge < -0.3 is 10.4 Å². The number of aliphatic hydroxyl groups is 1. The summed E-state index contributed by atoms with van der Waals surface area (Å²) in [6.07, 6.45) is 0.727. The minimum absolute atomic E-state index is 0.107. The zero-order valence-electron chi connectivity index (χ0n) is 13.0. The second-order valence-electron chi connectivity index (χ2n) is 5.89. The molecule has 128 valence electrons. The monoisotopic (exact) mass is 344 g/mol. The molecule has 0 bridgehead atoms. The first-order valence-electron chi connectivity index (χ1n) is 7.39. The van der Waals surface area contributed by atoms with Crippen LogP contribution in [0.1, 0.15) is 24.8 Å². The number of β-amino-alcohol motifs (C(OH)–C–C–N with tert-alkyl or cyclic N) is 1. The van der Waals surface area contributed by atoms with Crippen LogP contribution in [0.3, 0.4) is 0 Å². The highest BCUT2D eigenvalue weighted by Crippen LogP contribution is 2.27. The Kier molecular flexibility index (Phi) is 5.38. The third-order valence-electron chi connectivity index (χ3n) is 3.94. The van der Waals surface area contributed by atoms with E-state index in [0.29, 0.717) is 24.9 Å². The molecule has 23 heavy (non-hydrogen) atoms. The van der Waals surface area contributed by atoms with E-state index in [9.17, 15) is 22.7 Å².